The maximum atomic E-state index is 11.4. The molecule has 1 aromatic carbocycles. The van der Waals surface area contributed by atoms with Crippen LogP contribution in [0.2, 0.25) is 0 Å². The van der Waals surface area contributed by atoms with Gasteiger partial charge in [0.25, 0.3) is 0 Å². The number of amides is 1. The van der Waals surface area contributed by atoms with E-state index in [2.05, 4.69) is 27.9 Å². The Bertz CT molecular complexity index is 380. The van der Waals surface area contributed by atoms with Crippen LogP contribution in [0, 0.1) is 3.57 Å². The molecular formula is C10H10INO3S. The number of nitrogens with one attached hydrogen (secondary N) is 1. The van der Waals surface area contributed by atoms with Gasteiger partial charge in [0.15, 0.2) is 0 Å². The Morgan fingerprint density at radius 1 is 1.25 bits per heavy atom. The fourth-order valence-corrected chi connectivity index (χ4v) is 1.86. The number of hydrogen-bond acceptors (Lipinski definition) is 3. The standard InChI is InChI=1S/C10H10INO3S/c11-7-1-3-8(4-2-7)12-9(13)5-16-6-10(14)15/h1-4H,5-6H2,(H,12,13)(H,14,15). The molecule has 4 nitrogen and oxygen atoms in total. The average molecular weight is 351 g/mol. The number of rotatable bonds is 5. The maximum absolute atomic E-state index is 11.4. The average Bonchev–Trinajstić information content (AvgIpc) is 2.21. The van der Waals surface area contributed by atoms with Gasteiger partial charge < -0.3 is 10.4 Å². The molecule has 0 aliphatic heterocycles. The van der Waals surface area contributed by atoms with E-state index in [0.717, 1.165) is 21.0 Å². The number of carbonyl (C=O) groups excluding carboxylic acids is 1. The molecule has 0 heterocycles. The van der Waals surface area contributed by atoms with Crippen molar-refractivity contribution in [3.05, 3.63) is 27.8 Å². The Morgan fingerprint density at radius 3 is 2.44 bits per heavy atom. The third kappa shape index (κ3) is 5.36. The third-order valence-electron chi connectivity index (χ3n) is 1.59. The van der Waals surface area contributed by atoms with Crippen LogP contribution in [0.1, 0.15) is 0 Å². The fraction of sp³-hybridized carbons (Fsp3) is 0.200. The number of carboxylic acids is 1. The minimum atomic E-state index is -0.910. The van der Waals surface area contributed by atoms with E-state index in [0.29, 0.717) is 0 Å². The molecule has 2 N–H and O–H groups in total. The van der Waals surface area contributed by atoms with Crippen LogP contribution < -0.4 is 5.32 Å². The van der Waals surface area contributed by atoms with Crippen LogP contribution in [0.15, 0.2) is 24.3 Å². The van der Waals surface area contributed by atoms with Crippen LogP contribution in [0.3, 0.4) is 0 Å². The summed E-state index contributed by atoms with van der Waals surface area (Å²) < 4.78 is 1.09. The van der Waals surface area contributed by atoms with Crippen LogP contribution in [0.4, 0.5) is 5.69 Å². The molecule has 1 rings (SSSR count). The van der Waals surface area contributed by atoms with Crippen molar-refractivity contribution in [2.45, 2.75) is 0 Å². The molecule has 0 atom stereocenters. The highest BCUT2D eigenvalue weighted by Gasteiger charge is 2.04. The quantitative estimate of drug-likeness (QED) is 0.797. The van der Waals surface area contributed by atoms with Gasteiger partial charge in [0.2, 0.25) is 5.91 Å². The highest BCUT2D eigenvalue weighted by molar-refractivity contribution is 14.1. The molecule has 0 unspecified atom stereocenters. The van der Waals surface area contributed by atoms with Crippen molar-refractivity contribution in [3.8, 4) is 0 Å². The van der Waals surface area contributed by atoms with Crippen LogP contribution in [-0.4, -0.2) is 28.5 Å². The number of halogens is 1. The molecule has 0 saturated heterocycles. The Hall–Kier alpha value is -0.760. The number of aliphatic carboxylic acids is 1. The molecule has 16 heavy (non-hydrogen) atoms. The summed E-state index contributed by atoms with van der Waals surface area (Å²) in [6, 6.07) is 7.39. The first-order valence-corrected chi connectivity index (χ1v) is 6.66. The molecule has 1 aromatic rings. The summed E-state index contributed by atoms with van der Waals surface area (Å²) >= 11 is 3.26. The second-order valence-corrected chi connectivity index (χ2v) is 5.17. The third-order valence-corrected chi connectivity index (χ3v) is 3.22. The zero-order chi connectivity index (χ0) is 12.0. The van der Waals surface area contributed by atoms with Crippen LogP contribution in [0.5, 0.6) is 0 Å². The van der Waals surface area contributed by atoms with E-state index in [9.17, 15) is 9.59 Å². The lowest BCUT2D eigenvalue weighted by Crippen LogP contribution is -2.15. The van der Waals surface area contributed by atoms with Crippen molar-refractivity contribution < 1.29 is 14.7 Å². The molecule has 0 saturated carbocycles. The van der Waals surface area contributed by atoms with Gasteiger partial charge in [0.1, 0.15) is 0 Å². The van der Waals surface area contributed by atoms with E-state index in [1.54, 1.807) is 0 Å². The van der Waals surface area contributed by atoms with Crippen molar-refractivity contribution in [1.29, 1.82) is 0 Å². The molecule has 1 amide bonds. The zero-order valence-electron chi connectivity index (χ0n) is 8.27. The number of thioether (sulfide) groups is 1. The van der Waals surface area contributed by atoms with Crippen molar-refractivity contribution in [2.24, 2.45) is 0 Å². The SMILES string of the molecule is O=C(O)CSCC(=O)Nc1ccc(I)cc1. The molecule has 0 aromatic heterocycles. The van der Waals surface area contributed by atoms with Crippen molar-refractivity contribution >= 4 is 51.9 Å². The first-order valence-electron chi connectivity index (χ1n) is 4.43. The van der Waals surface area contributed by atoms with Gasteiger partial charge in [-0.2, -0.15) is 0 Å². The monoisotopic (exact) mass is 351 g/mol. The van der Waals surface area contributed by atoms with Crippen LogP contribution >= 0.6 is 34.4 Å². The summed E-state index contributed by atoms with van der Waals surface area (Å²) in [6.45, 7) is 0. The largest absolute Gasteiger partial charge is 0.481 e. The Morgan fingerprint density at radius 2 is 1.88 bits per heavy atom. The molecule has 0 spiro atoms. The van der Waals surface area contributed by atoms with Gasteiger partial charge in [-0.1, -0.05) is 0 Å². The van der Waals surface area contributed by atoms with Crippen molar-refractivity contribution in [1.82, 2.24) is 0 Å². The van der Waals surface area contributed by atoms with E-state index >= 15 is 0 Å². The molecular weight excluding hydrogens is 341 g/mol. The Kier molecular flexibility index (Phi) is 5.61. The topological polar surface area (TPSA) is 66.4 Å². The van der Waals surface area contributed by atoms with Crippen molar-refractivity contribution in [2.75, 3.05) is 16.8 Å². The van der Waals surface area contributed by atoms with Gasteiger partial charge in [-0.3, -0.25) is 9.59 Å². The van der Waals surface area contributed by atoms with E-state index in [1.807, 2.05) is 24.3 Å². The molecule has 0 bridgehead atoms. The summed E-state index contributed by atoms with van der Waals surface area (Å²) in [5.74, 6) is -1.00. The maximum Gasteiger partial charge on any atom is 0.313 e. The Labute approximate surface area is 111 Å². The molecule has 0 radical (unpaired) electrons. The van der Waals surface area contributed by atoms with Gasteiger partial charge in [-0.15, -0.1) is 11.8 Å². The minimum absolute atomic E-state index is 0.0554. The second kappa shape index (κ2) is 6.74. The lowest BCUT2D eigenvalue weighted by Gasteiger charge is -2.04. The summed E-state index contributed by atoms with van der Waals surface area (Å²) in [4.78, 5) is 21.6. The van der Waals surface area contributed by atoms with E-state index in [-0.39, 0.29) is 17.4 Å². The summed E-state index contributed by atoms with van der Waals surface area (Å²) in [7, 11) is 0. The fourth-order valence-electron chi connectivity index (χ4n) is 0.961. The molecule has 86 valence electrons. The summed E-state index contributed by atoms with van der Waals surface area (Å²) in [5.41, 5.74) is 0.723. The molecule has 6 heteroatoms. The zero-order valence-corrected chi connectivity index (χ0v) is 11.2. The van der Waals surface area contributed by atoms with Gasteiger partial charge in [-0.05, 0) is 46.9 Å². The normalized spacial score (nSPS) is 9.81. The van der Waals surface area contributed by atoms with Crippen LogP contribution in [-0.2, 0) is 9.59 Å². The molecule has 0 fully saturated rings. The number of carboxylic acid groups (broad SMARTS) is 1. The summed E-state index contributed by atoms with van der Waals surface area (Å²) in [6.07, 6.45) is 0. The van der Waals surface area contributed by atoms with Gasteiger partial charge in [-0.25, -0.2) is 0 Å². The van der Waals surface area contributed by atoms with E-state index in [1.165, 1.54) is 0 Å². The van der Waals surface area contributed by atoms with E-state index in [4.69, 9.17) is 5.11 Å². The van der Waals surface area contributed by atoms with Gasteiger partial charge in [0.05, 0.1) is 11.5 Å². The van der Waals surface area contributed by atoms with E-state index < -0.39 is 5.97 Å². The first kappa shape index (κ1) is 13.3. The molecule has 0 aliphatic carbocycles. The predicted octanol–water partition coefficient (Wildman–Crippen LogP) is 2.05. The van der Waals surface area contributed by atoms with Crippen LogP contribution in [0.25, 0.3) is 0 Å². The molecule has 0 aliphatic rings. The highest BCUT2D eigenvalue weighted by Crippen LogP contribution is 2.11. The lowest BCUT2D eigenvalue weighted by atomic mass is 10.3. The first-order chi connectivity index (χ1) is 7.58. The number of anilines is 1. The van der Waals surface area contributed by atoms with Gasteiger partial charge >= 0.3 is 5.97 Å². The lowest BCUT2D eigenvalue weighted by molar-refractivity contribution is -0.133. The van der Waals surface area contributed by atoms with Crippen molar-refractivity contribution in [3.63, 3.8) is 0 Å². The smallest absolute Gasteiger partial charge is 0.313 e. The number of benzene rings is 1. The number of hydrogen-bond donors (Lipinski definition) is 2. The number of carbonyl (C=O) groups is 2. The highest BCUT2D eigenvalue weighted by atomic mass is 127. The predicted molar refractivity (Wildman–Crippen MR) is 72.7 cm³/mol. The summed E-state index contributed by atoms with van der Waals surface area (Å²) in [5, 5.41) is 11.1. The minimum Gasteiger partial charge on any atom is -0.481 e. The second-order valence-electron chi connectivity index (χ2n) is 2.94. The Balaban J connectivity index is 2.34. The van der Waals surface area contributed by atoms with Gasteiger partial charge in [0, 0.05) is 9.26 Å².